The Bertz CT molecular complexity index is 325. The maximum absolute atomic E-state index is 5.75. The molecule has 0 amide bonds. The highest BCUT2D eigenvalue weighted by Crippen LogP contribution is 2.17. The van der Waals surface area contributed by atoms with Gasteiger partial charge in [-0.25, -0.2) is 9.29 Å². The largest absolute Gasteiger partial charge is 0.296 e. The number of hydrogen-bond donors (Lipinski definition) is 1. The van der Waals surface area contributed by atoms with E-state index in [1.165, 1.54) is 16.5 Å². The van der Waals surface area contributed by atoms with Crippen LogP contribution in [0, 0.1) is 0 Å². The van der Waals surface area contributed by atoms with Gasteiger partial charge in [-0.3, -0.25) is 4.90 Å². The first-order valence-electron chi connectivity index (χ1n) is 5.17. The monoisotopic (exact) mass is 275 g/mol. The minimum Gasteiger partial charge on any atom is -0.296 e. The van der Waals surface area contributed by atoms with Gasteiger partial charge in [0.1, 0.15) is 5.15 Å². The van der Waals surface area contributed by atoms with Crippen LogP contribution in [0.3, 0.4) is 0 Å². The summed E-state index contributed by atoms with van der Waals surface area (Å²) in [6.45, 7) is 5.24. The van der Waals surface area contributed by atoms with Gasteiger partial charge in [0.05, 0.1) is 0 Å². The summed E-state index contributed by atoms with van der Waals surface area (Å²) in [5.74, 6) is 0. The van der Waals surface area contributed by atoms with Crippen LogP contribution in [0.25, 0.3) is 0 Å². The minimum atomic E-state index is 0.556. The fourth-order valence-electron chi connectivity index (χ4n) is 1.73. The van der Waals surface area contributed by atoms with E-state index >= 15 is 0 Å². The molecule has 0 unspecified atom stereocenters. The normalized spacial score (nSPS) is 18.9. The molecule has 6 heteroatoms. The quantitative estimate of drug-likeness (QED) is 0.395. The lowest BCUT2D eigenvalue weighted by molar-refractivity contribution is 0.190. The Kier molecular flexibility index (Phi) is 4.79. The van der Waals surface area contributed by atoms with Crippen LogP contribution < -0.4 is 0 Å². The average molecular weight is 276 g/mol. The molecule has 16 heavy (non-hydrogen) atoms. The van der Waals surface area contributed by atoms with E-state index in [2.05, 4.69) is 25.8 Å². The first-order chi connectivity index (χ1) is 7.78. The lowest BCUT2D eigenvalue weighted by Gasteiger charge is -2.32. The van der Waals surface area contributed by atoms with Crippen molar-refractivity contribution < 1.29 is 0 Å². The first kappa shape index (κ1) is 12.5. The zero-order valence-electron chi connectivity index (χ0n) is 8.84. The van der Waals surface area contributed by atoms with Crippen LogP contribution in [0.15, 0.2) is 18.3 Å². The summed E-state index contributed by atoms with van der Waals surface area (Å²) in [4.78, 5) is 6.51. The van der Waals surface area contributed by atoms with Gasteiger partial charge in [-0.15, -0.1) is 0 Å². The Labute approximate surface area is 110 Å². The zero-order chi connectivity index (χ0) is 11.4. The maximum Gasteiger partial charge on any atom is 0.129 e. The molecule has 1 aliphatic heterocycles. The van der Waals surface area contributed by atoms with Crippen molar-refractivity contribution in [1.29, 1.82) is 0 Å². The third-order valence-electron chi connectivity index (χ3n) is 2.64. The number of nitrogens with zero attached hydrogens (tertiary/aromatic N) is 3. The van der Waals surface area contributed by atoms with Crippen molar-refractivity contribution in [3.8, 4) is 0 Å². The van der Waals surface area contributed by atoms with Gasteiger partial charge >= 0.3 is 0 Å². The van der Waals surface area contributed by atoms with E-state index in [0.717, 1.165) is 32.7 Å². The van der Waals surface area contributed by atoms with Crippen LogP contribution in [-0.2, 0) is 6.54 Å². The summed E-state index contributed by atoms with van der Waals surface area (Å²) in [5, 5.41) is 0.556. The van der Waals surface area contributed by atoms with Crippen molar-refractivity contribution >= 4 is 34.2 Å². The summed E-state index contributed by atoms with van der Waals surface area (Å²) in [5.41, 5.74) is 1.22. The second kappa shape index (κ2) is 6.12. The molecule has 0 N–H and O–H groups in total. The highest BCUT2D eigenvalue weighted by Gasteiger charge is 2.16. The van der Waals surface area contributed by atoms with Crippen LogP contribution in [0.4, 0.5) is 0 Å². The molecular formula is C10H14ClN3S2. The molecule has 0 aliphatic carbocycles. The van der Waals surface area contributed by atoms with Crippen molar-refractivity contribution in [2.24, 2.45) is 0 Å². The standard InChI is InChI=1S/C10H14ClN3S2/c11-10-2-1-9(7-12-10)8-13-3-5-14(16-15)6-4-13/h1-2,7,15H,3-6,8H2. The number of halogens is 1. The molecule has 1 aromatic rings. The summed E-state index contributed by atoms with van der Waals surface area (Å²) < 4.78 is 2.26. The van der Waals surface area contributed by atoms with Gasteiger partial charge < -0.3 is 0 Å². The zero-order valence-corrected chi connectivity index (χ0v) is 11.3. The van der Waals surface area contributed by atoms with Crippen molar-refractivity contribution in [2.75, 3.05) is 26.2 Å². The van der Waals surface area contributed by atoms with Gasteiger partial charge in [-0.2, -0.15) is 0 Å². The van der Waals surface area contributed by atoms with Gasteiger partial charge in [0.2, 0.25) is 0 Å². The number of pyridine rings is 1. The fourth-order valence-corrected chi connectivity index (χ4v) is 2.66. The van der Waals surface area contributed by atoms with E-state index in [0.29, 0.717) is 5.15 Å². The molecule has 1 saturated heterocycles. The highest BCUT2D eigenvalue weighted by molar-refractivity contribution is 8.67. The van der Waals surface area contributed by atoms with Crippen molar-refractivity contribution in [3.63, 3.8) is 0 Å². The molecule has 0 aromatic carbocycles. The number of piperazine rings is 1. The SMILES string of the molecule is SSN1CCN(Cc2ccc(Cl)nc2)CC1. The van der Waals surface area contributed by atoms with E-state index < -0.39 is 0 Å². The van der Waals surface area contributed by atoms with E-state index in [-0.39, 0.29) is 0 Å². The predicted molar refractivity (Wildman–Crippen MR) is 72.7 cm³/mol. The lowest BCUT2D eigenvalue weighted by Crippen LogP contribution is -2.42. The molecule has 1 aliphatic rings. The molecule has 88 valence electrons. The summed E-state index contributed by atoms with van der Waals surface area (Å²) in [7, 11) is 1.53. The molecule has 1 fully saturated rings. The predicted octanol–water partition coefficient (Wildman–Crippen LogP) is 2.35. The Morgan fingerprint density at radius 1 is 1.31 bits per heavy atom. The second-order valence-electron chi connectivity index (χ2n) is 3.78. The van der Waals surface area contributed by atoms with Gasteiger partial charge in [-0.1, -0.05) is 29.3 Å². The molecule has 0 spiro atoms. The van der Waals surface area contributed by atoms with Crippen LogP contribution in [-0.4, -0.2) is 40.4 Å². The topological polar surface area (TPSA) is 19.4 Å². The molecule has 2 heterocycles. The van der Waals surface area contributed by atoms with Gasteiger partial charge in [-0.05, 0) is 22.6 Å². The minimum absolute atomic E-state index is 0.556. The summed E-state index contributed by atoms with van der Waals surface area (Å²) >= 11 is 9.95. The van der Waals surface area contributed by atoms with Crippen molar-refractivity contribution in [3.05, 3.63) is 29.0 Å². The third-order valence-corrected chi connectivity index (χ3v) is 4.15. The number of thiol groups is 1. The molecule has 0 saturated carbocycles. The van der Waals surface area contributed by atoms with E-state index in [9.17, 15) is 0 Å². The molecule has 0 radical (unpaired) electrons. The number of aromatic nitrogens is 1. The molecule has 2 rings (SSSR count). The van der Waals surface area contributed by atoms with Gasteiger partial charge in [0.25, 0.3) is 0 Å². The molecule has 0 bridgehead atoms. The second-order valence-corrected chi connectivity index (χ2v) is 5.33. The number of rotatable bonds is 3. The van der Waals surface area contributed by atoms with Gasteiger partial charge in [0.15, 0.2) is 0 Å². The van der Waals surface area contributed by atoms with Crippen LogP contribution in [0.1, 0.15) is 5.56 Å². The van der Waals surface area contributed by atoms with E-state index in [1.54, 1.807) is 0 Å². The van der Waals surface area contributed by atoms with Crippen LogP contribution in [0.2, 0.25) is 5.15 Å². The maximum atomic E-state index is 5.75. The van der Waals surface area contributed by atoms with Crippen molar-refractivity contribution in [1.82, 2.24) is 14.2 Å². The summed E-state index contributed by atoms with van der Waals surface area (Å²) in [6.07, 6.45) is 1.85. The summed E-state index contributed by atoms with van der Waals surface area (Å²) in [6, 6.07) is 3.88. The van der Waals surface area contributed by atoms with Crippen LogP contribution in [0.5, 0.6) is 0 Å². The molecule has 3 nitrogen and oxygen atoms in total. The van der Waals surface area contributed by atoms with Gasteiger partial charge in [0, 0.05) is 38.9 Å². The Morgan fingerprint density at radius 3 is 2.62 bits per heavy atom. The van der Waals surface area contributed by atoms with E-state index in [4.69, 9.17) is 11.6 Å². The van der Waals surface area contributed by atoms with Crippen molar-refractivity contribution in [2.45, 2.75) is 6.54 Å². The molecule has 0 atom stereocenters. The Morgan fingerprint density at radius 2 is 2.06 bits per heavy atom. The molecule has 1 aromatic heterocycles. The smallest absolute Gasteiger partial charge is 0.129 e. The Hall–Kier alpha value is 0.0600. The highest BCUT2D eigenvalue weighted by atomic mass is 35.5. The first-order valence-corrected chi connectivity index (χ1v) is 7.37. The lowest BCUT2D eigenvalue weighted by atomic mass is 10.2. The average Bonchev–Trinajstić information content (AvgIpc) is 2.33. The van der Waals surface area contributed by atoms with E-state index in [1.807, 2.05) is 18.3 Å². The Balaban J connectivity index is 1.84. The molecular weight excluding hydrogens is 262 g/mol. The fraction of sp³-hybridized carbons (Fsp3) is 0.500. The number of hydrogen-bond acceptors (Lipinski definition) is 5. The third kappa shape index (κ3) is 3.53. The van der Waals surface area contributed by atoms with Crippen LogP contribution >= 0.6 is 34.2 Å².